The summed E-state index contributed by atoms with van der Waals surface area (Å²) >= 11 is 0. The summed E-state index contributed by atoms with van der Waals surface area (Å²) in [6.07, 6.45) is 2.71. The minimum atomic E-state index is -3.78. The molecule has 0 unspecified atom stereocenters. The Morgan fingerprint density at radius 1 is 0.750 bits per heavy atom. The second-order valence-electron chi connectivity index (χ2n) is 5.65. The minimum absolute atomic E-state index is 0.0271. The molecule has 0 atom stereocenters. The van der Waals surface area contributed by atoms with Gasteiger partial charge in [0.25, 0.3) is 20.0 Å². The number of anilines is 2. The van der Waals surface area contributed by atoms with Gasteiger partial charge in [0.05, 0.1) is 12.0 Å². The topological polar surface area (TPSA) is 114 Å². The number of ether oxygens (including phenoxy) is 1. The maximum atomic E-state index is 12.4. The quantitative estimate of drug-likeness (QED) is 0.609. The van der Waals surface area contributed by atoms with Gasteiger partial charge >= 0.3 is 0 Å². The molecule has 8 nitrogen and oxygen atoms in total. The molecule has 0 saturated heterocycles. The third kappa shape index (κ3) is 4.59. The van der Waals surface area contributed by atoms with Crippen LogP contribution in [0.1, 0.15) is 0 Å². The molecular weight excluding hydrogens is 402 g/mol. The average Bonchev–Trinajstić information content (AvgIpc) is 2.70. The summed E-state index contributed by atoms with van der Waals surface area (Å²) in [6.45, 7) is 0. The van der Waals surface area contributed by atoms with Crippen LogP contribution in [0.15, 0.2) is 82.8 Å². The van der Waals surface area contributed by atoms with E-state index < -0.39 is 20.0 Å². The molecule has 2 N–H and O–H groups in total. The largest absolute Gasteiger partial charge is 0.497 e. The van der Waals surface area contributed by atoms with Gasteiger partial charge in [-0.05, 0) is 60.7 Å². The number of nitrogens with one attached hydrogen (secondary N) is 2. The fourth-order valence-corrected chi connectivity index (χ4v) is 4.38. The van der Waals surface area contributed by atoms with E-state index in [0.717, 1.165) is 0 Å². The summed E-state index contributed by atoms with van der Waals surface area (Å²) < 4.78 is 59.3. The lowest BCUT2D eigenvalue weighted by Crippen LogP contribution is -2.14. The monoisotopic (exact) mass is 419 g/mol. The van der Waals surface area contributed by atoms with Crippen molar-refractivity contribution in [3.8, 4) is 5.75 Å². The Bertz CT molecular complexity index is 1150. The highest BCUT2D eigenvalue weighted by atomic mass is 32.2. The zero-order valence-corrected chi connectivity index (χ0v) is 16.4. The van der Waals surface area contributed by atoms with Crippen LogP contribution < -0.4 is 14.2 Å². The van der Waals surface area contributed by atoms with Crippen LogP contribution in [0, 0.1) is 0 Å². The van der Waals surface area contributed by atoms with Gasteiger partial charge in [-0.25, -0.2) is 16.8 Å². The first kappa shape index (κ1) is 19.6. The van der Waals surface area contributed by atoms with Crippen molar-refractivity contribution in [1.29, 1.82) is 0 Å². The highest BCUT2D eigenvalue weighted by Gasteiger charge is 2.16. The van der Waals surface area contributed by atoms with Crippen molar-refractivity contribution in [3.63, 3.8) is 0 Å². The van der Waals surface area contributed by atoms with Crippen molar-refractivity contribution in [2.24, 2.45) is 0 Å². The van der Waals surface area contributed by atoms with E-state index in [9.17, 15) is 16.8 Å². The molecule has 0 amide bonds. The zero-order valence-electron chi connectivity index (χ0n) is 14.7. The van der Waals surface area contributed by atoms with Crippen LogP contribution in [-0.4, -0.2) is 28.9 Å². The smallest absolute Gasteiger partial charge is 0.263 e. The molecule has 3 rings (SSSR count). The highest BCUT2D eigenvalue weighted by molar-refractivity contribution is 7.93. The molecule has 3 aromatic rings. The lowest BCUT2D eigenvalue weighted by atomic mass is 10.3. The van der Waals surface area contributed by atoms with Crippen LogP contribution in [0.3, 0.4) is 0 Å². The zero-order chi connectivity index (χ0) is 20.2. The van der Waals surface area contributed by atoms with Gasteiger partial charge in [0.2, 0.25) is 0 Å². The average molecular weight is 419 g/mol. The predicted octanol–water partition coefficient (Wildman–Crippen LogP) is 2.69. The van der Waals surface area contributed by atoms with Crippen LogP contribution in [0.25, 0.3) is 0 Å². The summed E-state index contributed by atoms with van der Waals surface area (Å²) in [5.41, 5.74) is 0.580. The van der Waals surface area contributed by atoms with Crippen molar-refractivity contribution >= 4 is 31.4 Å². The molecular formula is C18H17N3O5S2. The number of sulfonamides is 2. The van der Waals surface area contributed by atoms with Gasteiger partial charge in [0.15, 0.2) is 0 Å². The maximum Gasteiger partial charge on any atom is 0.263 e. The number of aromatic nitrogens is 1. The van der Waals surface area contributed by atoms with Crippen LogP contribution in [0.4, 0.5) is 11.4 Å². The first-order valence-electron chi connectivity index (χ1n) is 8.00. The highest BCUT2D eigenvalue weighted by Crippen LogP contribution is 2.21. The Labute approximate surface area is 163 Å². The number of hydrogen-bond acceptors (Lipinski definition) is 6. The Kier molecular flexibility index (Phi) is 5.52. The van der Waals surface area contributed by atoms with Gasteiger partial charge in [-0.1, -0.05) is 0 Å². The second-order valence-corrected chi connectivity index (χ2v) is 9.02. The first-order valence-corrected chi connectivity index (χ1v) is 11.0. The number of benzene rings is 2. The number of pyridine rings is 1. The third-order valence-electron chi connectivity index (χ3n) is 3.70. The molecule has 1 aromatic heterocycles. The molecule has 0 bridgehead atoms. The molecule has 0 aliphatic heterocycles. The molecule has 146 valence electrons. The number of rotatable bonds is 7. The van der Waals surface area contributed by atoms with E-state index in [1.54, 1.807) is 12.1 Å². The molecule has 0 fully saturated rings. The molecule has 10 heteroatoms. The molecule has 0 radical (unpaired) electrons. The van der Waals surface area contributed by atoms with E-state index >= 15 is 0 Å². The first-order chi connectivity index (χ1) is 13.3. The maximum absolute atomic E-state index is 12.4. The van der Waals surface area contributed by atoms with Crippen LogP contribution in [0.5, 0.6) is 5.75 Å². The van der Waals surface area contributed by atoms with Gasteiger partial charge in [-0.2, -0.15) is 0 Å². The minimum Gasteiger partial charge on any atom is -0.497 e. The van der Waals surface area contributed by atoms with E-state index in [0.29, 0.717) is 11.4 Å². The molecule has 0 aliphatic carbocycles. The van der Waals surface area contributed by atoms with E-state index in [1.807, 2.05) is 0 Å². The molecule has 1 heterocycles. The van der Waals surface area contributed by atoms with Gasteiger partial charge < -0.3 is 4.74 Å². The van der Waals surface area contributed by atoms with E-state index in [4.69, 9.17) is 4.74 Å². The van der Waals surface area contributed by atoms with Gasteiger partial charge in [0.1, 0.15) is 10.6 Å². The Balaban J connectivity index is 1.73. The Hall–Kier alpha value is -3.11. The Morgan fingerprint density at radius 3 is 1.75 bits per heavy atom. The molecule has 28 heavy (non-hydrogen) atoms. The summed E-state index contributed by atoms with van der Waals surface area (Å²) in [5, 5.41) is 0. The summed E-state index contributed by atoms with van der Waals surface area (Å²) in [5.74, 6) is 0.546. The van der Waals surface area contributed by atoms with Crippen LogP contribution >= 0.6 is 0 Å². The van der Waals surface area contributed by atoms with E-state index in [2.05, 4.69) is 14.4 Å². The van der Waals surface area contributed by atoms with E-state index in [-0.39, 0.29) is 15.5 Å². The fraction of sp³-hybridized carbons (Fsp3) is 0.0556. The number of nitrogens with zero attached hydrogens (tertiary/aromatic N) is 1. The molecule has 0 spiro atoms. The molecule has 0 aliphatic rings. The predicted molar refractivity (Wildman–Crippen MR) is 105 cm³/mol. The third-order valence-corrected chi connectivity index (χ3v) is 6.47. The Morgan fingerprint density at radius 2 is 1.29 bits per heavy atom. The summed E-state index contributed by atoms with van der Waals surface area (Å²) in [6, 6.07) is 14.7. The standard InChI is InChI=1S/C18H17N3O5S2/c1-26-16-8-10-17(11-9-16)27(22,23)20-14-4-6-15(7-5-14)21-28(24,25)18-3-2-12-19-13-18/h2-13,20-21H,1H3. The van der Waals surface area contributed by atoms with Gasteiger partial charge in [-0.15, -0.1) is 0 Å². The second kappa shape index (κ2) is 7.87. The molecule has 0 saturated carbocycles. The lowest BCUT2D eigenvalue weighted by Gasteiger charge is -2.11. The van der Waals surface area contributed by atoms with Crippen molar-refractivity contribution in [2.75, 3.05) is 16.6 Å². The van der Waals surface area contributed by atoms with Gasteiger partial charge in [0, 0.05) is 23.8 Å². The van der Waals surface area contributed by atoms with Crippen LogP contribution in [0.2, 0.25) is 0 Å². The van der Waals surface area contributed by atoms with Crippen molar-refractivity contribution in [1.82, 2.24) is 4.98 Å². The number of hydrogen-bond donors (Lipinski definition) is 2. The number of methoxy groups -OCH3 is 1. The normalized spacial score (nSPS) is 11.6. The summed E-state index contributed by atoms with van der Waals surface area (Å²) in [4.78, 5) is 3.89. The lowest BCUT2D eigenvalue weighted by molar-refractivity contribution is 0.414. The van der Waals surface area contributed by atoms with Crippen molar-refractivity contribution < 1.29 is 21.6 Å². The van der Waals surface area contributed by atoms with Crippen LogP contribution in [-0.2, 0) is 20.0 Å². The van der Waals surface area contributed by atoms with Crippen molar-refractivity contribution in [3.05, 3.63) is 73.1 Å². The van der Waals surface area contributed by atoms with Crippen molar-refractivity contribution in [2.45, 2.75) is 9.79 Å². The molecule has 2 aromatic carbocycles. The van der Waals surface area contributed by atoms with Gasteiger partial charge in [-0.3, -0.25) is 14.4 Å². The SMILES string of the molecule is COc1ccc(S(=O)(=O)Nc2ccc(NS(=O)(=O)c3cccnc3)cc2)cc1. The fourth-order valence-electron chi connectivity index (χ4n) is 2.30. The summed E-state index contributed by atoms with van der Waals surface area (Å²) in [7, 11) is -6.06. The van der Waals surface area contributed by atoms with E-state index in [1.165, 1.54) is 68.0 Å².